The third-order valence-corrected chi connectivity index (χ3v) is 2.15. The summed E-state index contributed by atoms with van der Waals surface area (Å²) in [5, 5.41) is 0. The van der Waals surface area contributed by atoms with Gasteiger partial charge in [-0.1, -0.05) is 31.9 Å². The fourth-order valence-corrected chi connectivity index (χ4v) is 2.03. The Bertz CT molecular complexity index is 305. The Morgan fingerprint density at radius 2 is 1.57 bits per heavy atom. The Labute approximate surface area is 95.5 Å². The van der Waals surface area contributed by atoms with Crippen LogP contribution in [0.4, 0.5) is 13.2 Å². The van der Waals surface area contributed by atoms with Gasteiger partial charge in [0.15, 0.2) is 6.61 Å². The molecule has 14 heavy (non-hydrogen) atoms. The third-order valence-electron chi connectivity index (χ3n) is 1.24. The summed E-state index contributed by atoms with van der Waals surface area (Å²) in [5.41, 5.74) is 0. The summed E-state index contributed by atoms with van der Waals surface area (Å²) in [4.78, 5) is 0. The van der Waals surface area contributed by atoms with Gasteiger partial charge in [-0.25, -0.2) is 0 Å². The molecule has 0 saturated carbocycles. The van der Waals surface area contributed by atoms with E-state index in [-0.39, 0.29) is 5.75 Å². The Morgan fingerprint density at radius 3 is 2.00 bits per heavy atom. The molecule has 0 aliphatic rings. The first-order chi connectivity index (χ1) is 6.37. The molecule has 1 rings (SSSR count). The Balaban J connectivity index is 2.68. The van der Waals surface area contributed by atoms with Gasteiger partial charge in [-0.05, 0) is 18.2 Å². The Kier molecular flexibility index (Phi) is 3.83. The topological polar surface area (TPSA) is 9.23 Å². The van der Waals surface area contributed by atoms with Crippen LogP contribution >= 0.6 is 31.9 Å². The van der Waals surface area contributed by atoms with Crippen LogP contribution in [0.3, 0.4) is 0 Å². The van der Waals surface area contributed by atoms with Crippen molar-refractivity contribution in [1.29, 1.82) is 0 Å². The minimum absolute atomic E-state index is 0.170. The minimum Gasteiger partial charge on any atom is -0.484 e. The molecular formula is C8H5Br2F3O. The predicted molar refractivity (Wildman–Crippen MR) is 53.4 cm³/mol. The fourth-order valence-electron chi connectivity index (χ4n) is 0.777. The lowest BCUT2D eigenvalue weighted by Crippen LogP contribution is -2.19. The first kappa shape index (κ1) is 11.8. The van der Waals surface area contributed by atoms with Crippen LogP contribution in [0.1, 0.15) is 0 Å². The van der Waals surface area contributed by atoms with E-state index in [9.17, 15) is 13.2 Å². The van der Waals surface area contributed by atoms with Crippen LogP contribution in [0.2, 0.25) is 0 Å². The molecule has 0 radical (unpaired) electrons. The number of alkyl halides is 3. The molecule has 0 aliphatic carbocycles. The van der Waals surface area contributed by atoms with Crippen LogP contribution in [0, 0.1) is 0 Å². The van der Waals surface area contributed by atoms with E-state index in [2.05, 4.69) is 36.6 Å². The summed E-state index contributed by atoms with van der Waals surface area (Å²) in [6.45, 7) is -1.28. The summed E-state index contributed by atoms with van der Waals surface area (Å²) in [6, 6.07) is 4.65. The number of benzene rings is 1. The molecule has 0 unspecified atom stereocenters. The van der Waals surface area contributed by atoms with E-state index in [1.165, 1.54) is 12.1 Å². The van der Waals surface area contributed by atoms with Crippen molar-refractivity contribution in [1.82, 2.24) is 0 Å². The van der Waals surface area contributed by atoms with Crippen LogP contribution < -0.4 is 4.74 Å². The van der Waals surface area contributed by atoms with E-state index in [4.69, 9.17) is 0 Å². The van der Waals surface area contributed by atoms with E-state index in [0.717, 1.165) is 0 Å². The Morgan fingerprint density at radius 1 is 1.07 bits per heavy atom. The molecule has 1 nitrogen and oxygen atoms in total. The highest BCUT2D eigenvalue weighted by Crippen LogP contribution is 2.26. The molecule has 6 heteroatoms. The zero-order valence-corrected chi connectivity index (χ0v) is 9.91. The quantitative estimate of drug-likeness (QED) is 0.790. The van der Waals surface area contributed by atoms with Crippen molar-refractivity contribution in [2.75, 3.05) is 6.61 Å². The minimum atomic E-state index is -4.31. The first-order valence-corrected chi connectivity index (χ1v) is 5.11. The Hall–Kier alpha value is -0.230. The largest absolute Gasteiger partial charge is 0.484 e. The van der Waals surface area contributed by atoms with Crippen molar-refractivity contribution in [3.05, 3.63) is 27.1 Å². The van der Waals surface area contributed by atoms with Gasteiger partial charge in [0.25, 0.3) is 0 Å². The number of ether oxygens (including phenoxy) is 1. The van der Waals surface area contributed by atoms with E-state index < -0.39 is 12.8 Å². The van der Waals surface area contributed by atoms with Crippen molar-refractivity contribution in [3.8, 4) is 5.75 Å². The van der Waals surface area contributed by atoms with E-state index in [1.807, 2.05) is 0 Å². The highest BCUT2D eigenvalue weighted by atomic mass is 79.9. The molecular weight excluding hydrogens is 329 g/mol. The monoisotopic (exact) mass is 332 g/mol. The second-order valence-corrected chi connectivity index (χ2v) is 4.34. The summed E-state index contributed by atoms with van der Waals surface area (Å²) >= 11 is 6.28. The summed E-state index contributed by atoms with van der Waals surface area (Å²) in [5.74, 6) is 0.170. The molecule has 78 valence electrons. The normalized spacial score (nSPS) is 11.5. The van der Waals surface area contributed by atoms with Crippen LogP contribution in [-0.4, -0.2) is 12.8 Å². The summed E-state index contributed by atoms with van der Waals surface area (Å²) in [7, 11) is 0. The van der Waals surface area contributed by atoms with Gasteiger partial charge in [-0.2, -0.15) is 13.2 Å². The highest BCUT2D eigenvalue weighted by Gasteiger charge is 2.28. The molecule has 0 fully saturated rings. The summed E-state index contributed by atoms with van der Waals surface area (Å²) < 4.78 is 41.2. The zero-order valence-electron chi connectivity index (χ0n) is 6.74. The SMILES string of the molecule is FC(F)(F)COc1cc(Br)cc(Br)c1. The van der Waals surface area contributed by atoms with Gasteiger partial charge in [0.05, 0.1) is 0 Å². The van der Waals surface area contributed by atoms with Crippen molar-refractivity contribution in [2.45, 2.75) is 6.18 Å². The van der Waals surface area contributed by atoms with Crippen molar-refractivity contribution < 1.29 is 17.9 Å². The molecule has 1 aromatic carbocycles. The molecule has 0 heterocycles. The first-order valence-electron chi connectivity index (χ1n) is 3.52. The molecule has 0 aromatic heterocycles. The van der Waals surface area contributed by atoms with Crippen molar-refractivity contribution >= 4 is 31.9 Å². The van der Waals surface area contributed by atoms with E-state index >= 15 is 0 Å². The van der Waals surface area contributed by atoms with E-state index in [1.54, 1.807) is 6.07 Å². The highest BCUT2D eigenvalue weighted by molar-refractivity contribution is 9.11. The predicted octanol–water partition coefficient (Wildman–Crippen LogP) is 4.15. The third kappa shape index (κ3) is 4.32. The molecule has 0 aliphatic heterocycles. The van der Waals surface area contributed by atoms with Gasteiger partial charge < -0.3 is 4.74 Å². The molecule has 0 amide bonds. The number of halogens is 5. The van der Waals surface area contributed by atoms with Crippen molar-refractivity contribution in [3.63, 3.8) is 0 Å². The maximum absolute atomic E-state index is 11.8. The van der Waals surface area contributed by atoms with Gasteiger partial charge in [-0.15, -0.1) is 0 Å². The zero-order chi connectivity index (χ0) is 10.8. The second kappa shape index (κ2) is 4.53. The smallest absolute Gasteiger partial charge is 0.422 e. The molecule has 0 atom stereocenters. The van der Waals surface area contributed by atoms with E-state index in [0.29, 0.717) is 8.95 Å². The number of hydrogen-bond donors (Lipinski definition) is 0. The van der Waals surface area contributed by atoms with Gasteiger partial charge in [0.2, 0.25) is 0 Å². The standard InChI is InChI=1S/C8H5Br2F3O/c9-5-1-6(10)3-7(2-5)14-4-8(11,12)13/h1-3H,4H2. The average molecular weight is 334 g/mol. The second-order valence-electron chi connectivity index (χ2n) is 2.51. The van der Waals surface area contributed by atoms with Gasteiger partial charge in [0, 0.05) is 8.95 Å². The maximum atomic E-state index is 11.8. The fraction of sp³-hybridized carbons (Fsp3) is 0.250. The van der Waals surface area contributed by atoms with Gasteiger partial charge in [-0.3, -0.25) is 0 Å². The maximum Gasteiger partial charge on any atom is 0.422 e. The van der Waals surface area contributed by atoms with Crippen molar-refractivity contribution in [2.24, 2.45) is 0 Å². The molecule has 0 saturated heterocycles. The van der Waals surface area contributed by atoms with Gasteiger partial charge >= 0.3 is 6.18 Å². The number of rotatable bonds is 2. The lowest BCUT2D eigenvalue weighted by atomic mass is 10.3. The van der Waals surface area contributed by atoms with Crippen LogP contribution in [0.5, 0.6) is 5.75 Å². The molecule has 1 aromatic rings. The lowest BCUT2D eigenvalue weighted by molar-refractivity contribution is -0.153. The average Bonchev–Trinajstić information content (AvgIpc) is 1.97. The molecule has 0 bridgehead atoms. The van der Waals surface area contributed by atoms with Gasteiger partial charge in [0.1, 0.15) is 5.75 Å². The van der Waals surface area contributed by atoms with Crippen LogP contribution in [0.15, 0.2) is 27.1 Å². The number of hydrogen-bond acceptors (Lipinski definition) is 1. The lowest BCUT2D eigenvalue weighted by Gasteiger charge is -2.09. The van der Waals surface area contributed by atoms with Crippen LogP contribution in [0.25, 0.3) is 0 Å². The summed E-state index contributed by atoms with van der Waals surface area (Å²) in [6.07, 6.45) is -4.31. The molecule has 0 N–H and O–H groups in total. The van der Waals surface area contributed by atoms with Crippen LogP contribution in [-0.2, 0) is 0 Å². The molecule has 0 spiro atoms.